The van der Waals surface area contributed by atoms with Gasteiger partial charge in [0.25, 0.3) is 0 Å². The number of halogens is 1. The first-order valence-electron chi connectivity index (χ1n) is 7.03. The topological polar surface area (TPSA) is 54.9 Å². The van der Waals surface area contributed by atoms with Crippen LogP contribution in [0, 0.1) is 0 Å². The van der Waals surface area contributed by atoms with Gasteiger partial charge in [-0.2, -0.15) is 0 Å². The van der Waals surface area contributed by atoms with E-state index in [-0.39, 0.29) is 5.91 Å². The van der Waals surface area contributed by atoms with Crippen molar-refractivity contribution in [3.63, 3.8) is 0 Å². The first-order valence-corrected chi connectivity index (χ1v) is 8.81. The Morgan fingerprint density at radius 3 is 2.61 bits per heavy atom. The summed E-state index contributed by atoms with van der Waals surface area (Å²) in [4.78, 5) is 20.8. The predicted molar refractivity (Wildman–Crippen MR) is 97.5 cm³/mol. The van der Waals surface area contributed by atoms with Gasteiger partial charge in [0.15, 0.2) is 5.82 Å². The molecule has 0 radical (unpaired) electrons. The lowest BCUT2D eigenvalue weighted by atomic mass is 10.2. The van der Waals surface area contributed by atoms with Crippen LogP contribution in [0.2, 0.25) is 0 Å². The van der Waals surface area contributed by atoms with Gasteiger partial charge >= 0.3 is 0 Å². The Hall–Kier alpha value is -1.92. The molecule has 0 saturated heterocycles. The molecule has 1 heterocycles. The van der Waals surface area contributed by atoms with Crippen molar-refractivity contribution in [2.24, 2.45) is 0 Å². The number of carbonyl (C=O) groups excluding carboxylic acids is 1. The lowest BCUT2D eigenvalue weighted by molar-refractivity contribution is -0.118. The number of hydrogen-bond donors (Lipinski definition) is 1. The number of para-hydroxylation sites is 1. The average Bonchev–Trinajstić information content (AvgIpc) is 2.59. The Kier molecular flexibility index (Phi) is 4.93. The number of carbonyl (C=O) groups is 1. The maximum atomic E-state index is 11.5. The molecule has 0 aliphatic heterocycles. The van der Waals surface area contributed by atoms with Gasteiger partial charge in [-0.1, -0.05) is 58.0 Å². The molecule has 23 heavy (non-hydrogen) atoms. The third kappa shape index (κ3) is 3.71. The second-order valence-corrected chi connectivity index (χ2v) is 6.72. The number of fused-ring (bicyclic) bond motifs is 1. The number of benzene rings is 2. The van der Waals surface area contributed by atoms with E-state index in [9.17, 15) is 4.79 Å². The first kappa shape index (κ1) is 16.0. The van der Waals surface area contributed by atoms with E-state index in [0.29, 0.717) is 11.6 Å². The third-order valence-electron chi connectivity index (χ3n) is 3.29. The van der Waals surface area contributed by atoms with Crippen molar-refractivity contribution >= 4 is 44.5 Å². The maximum Gasteiger partial charge on any atom is 0.230 e. The fourth-order valence-corrected chi connectivity index (χ4v) is 3.25. The molecule has 0 bridgehead atoms. The molecule has 1 amide bonds. The van der Waals surface area contributed by atoms with Crippen molar-refractivity contribution in [2.45, 2.75) is 5.03 Å². The highest BCUT2D eigenvalue weighted by Crippen LogP contribution is 2.28. The van der Waals surface area contributed by atoms with Gasteiger partial charge in [0.2, 0.25) is 5.91 Å². The van der Waals surface area contributed by atoms with Crippen molar-refractivity contribution < 1.29 is 4.79 Å². The van der Waals surface area contributed by atoms with Crippen LogP contribution in [0.1, 0.15) is 0 Å². The summed E-state index contributed by atoms with van der Waals surface area (Å²) in [5, 5.41) is 4.40. The molecule has 0 atom stereocenters. The van der Waals surface area contributed by atoms with E-state index < -0.39 is 0 Å². The number of thioether (sulfide) groups is 1. The zero-order valence-electron chi connectivity index (χ0n) is 12.4. The number of hydrogen-bond acceptors (Lipinski definition) is 4. The van der Waals surface area contributed by atoms with Crippen LogP contribution in [-0.2, 0) is 4.79 Å². The molecule has 0 fully saturated rings. The lowest BCUT2D eigenvalue weighted by Crippen LogP contribution is -2.19. The molecule has 3 rings (SSSR count). The first-order chi connectivity index (χ1) is 11.2. The number of aromatic nitrogens is 2. The summed E-state index contributed by atoms with van der Waals surface area (Å²) in [6.07, 6.45) is 0. The standard InChI is InChI=1S/C17H14BrN3OS/c1-19-15(22)10-23-17-13-4-2-3-5-14(13)20-16(21-17)11-6-8-12(18)9-7-11/h2-9H,10H2,1H3,(H,19,22). The molecular weight excluding hydrogens is 374 g/mol. The van der Waals surface area contributed by atoms with Crippen LogP contribution in [-0.4, -0.2) is 28.7 Å². The van der Waals surface area contributed by atoms with Gasteiger partial charge in [-0.05, 0) is 18.2 Å². The van der Waals surface area contributed by atoms with E-state index in [0.717, 1.165) is 26.0 Å². The van der Waals surface area contributed by atoms with E-state index in [1.807, 2.05) is 48.5 Å². The Bertz CT molecular complexity index is 852. The van der Waals surface area contributed by atoms with Gasteiger partial charge in [0.05, 0.1) is 11.3 Å². The number of rotatable bonds is 4. The number of amides is 1. The molecule has 0 aliphatic rings. The minimum Gasteiger partial charge on any atom is -0.358 e. The van der Waals surface area contributed by atoms with Crippen LogP contribution in [0.5, 0.6) is 0 Å². The smallest absolute Gasteiger partial charge is 0.230 e. The zero-order chi connectivity index (χ0) is 16.2. The van der Waals surface area contributed by atoms with E-state index in [2.05, 4.69) is 31.2 Å². The highest BCUT2D eigenvalue weighted by Gasteiger charge is 2.11. The fraction of sp³-hybridized carbons (Fsp3) is 0.118. The van der Waals surface area contributed by atoms with Crippen LogP contribution in [0.3, 0.4) is 0 Å². The summed E-state index contributed by atoms with van der Waals surface area (Å²) in [7, 11) is 1.63. The fourth-order valence-electron chi connectivity index (χ4n) is 2.09. The molecule has 3 aromatic rings. The van der Waals surface area contributed by atoms with E-state index in [1.54, 1.807) is 7.05 Å². The Labute approximate surface area is 146 Å². The summed E-state index contributed by atoms with van der Waals surface area (Å²) in [6.45, 7) is 0. The van der Waals surface area contributed by atoms with Gasteiger partial charge in [-0.25, -0.2) is 9.97 Å². The summed E-state index contributed by atoms with van der Waals surface area (Å²) in [5.41, 5.74) is 1.82. The second kappa shape index (κ2) is 7.10. The summed E-state index contributed by atoms with van der Waals surface area (Å²) < 4.78 is 1.01. The lowest BCUT2D eigenvalue weighted by Gasteiger charge is -2.08. The molecular formula is C17H14BrN3OS. The van der Waals surface area contributed by atoms with Crippen LogP contribution in [0.15, 0.2) is 58.0 Å². The molecule has 6 heteroatoms. The third-order valence-corrected chi connectivity index (χ3v) is 4.81. The largest absolute Gasteiger partial charge is 0.358 e. The molecule has 0 spiro atoms. The monoisotopic (exact) mass is 387 g/mol. The van der Waals surface area contributed by atoms with Crippen molar-refractivity contribution in [3.8, 4) is 11.4 Å². The summed E-state index contributed by atoms with van der Waals surface area (Å²) in [5.74, 6) is 0.968. The SMILES string of the molecule is CNC(=O)CSc1nc(-c2ccc(Br)cc2)nc2ccccc12. The van der Waals surface area contributed by atoms with Gasteiger partial charge < -0.3 is 5.32 Å². The van der Waals surface area contributed by atoms with E-state index >= 15 is 0 Å². The van der Waals surface area contributed by atoms with Crippen LogP contribution >= 0.6 is 27.7 Å². The van der Waals surface area contributed by atoms with Crippen molar-refractivity contribution in [1.29, 1.82) is 0 Å². The molecule has 1 aromatic heterocycles. The molecule has 0 saturated carbocycles. The predicted octanol–water partition coefficient (Wildman–Crippen LogP) is 3.90. The highest BCUT2D eigenvalue weighted by atomic mass is 79.9. The molecule has 2 aromatic carbocycles. The van der Waals surface area contributed by atoms with Crippen molar-refractivity contribution in [3.05, 3.63) is 53.0 Å². The van der Waals surface area contributed by atoms with Crippen molar-refractivity contribution in [2.75, 3.05) is 12.8 Å². The normalized spacial score (nSPS) is 10.7. The number of nitrogens with one attached hydrogen (secondary N) is 1. The minimum atomic E-state index is -0.0251. The average molecular weight is 388 g/mol. The molecule has 116 valence electrons. The maximum absolute atomic E-state index is 11.5. The molecule has 4 nitrogen and oxygen atoms in total. The van der Waals surface area contributed by atoms with Crippen LogP contribution in [0.4, 0.5) is 0 Å². The minimum absolute atomic E-state index is 0.0251. The summed E-state index contributed by atoms with van der Waals surface area (Å²) >= 11 is 4.85. The van der Waals surface area contributed by atoms with Gasteiger partial charge in [-0.15, -0.1) is 0 Å². The van der Waals surface area contributed by atoms with Gasteiger partial charge in [-0.3, -0.25) is 4.79 Å². The second-order valence-electron chi connectivity index (χ2n) is 4.84. The molecule has 1 N–H and O–H groups in total. The van der Waals surface area contributed by atoms with E-state index in [1.165, 1.54) is 11.8 Å². The van der Waals surface area contributed by atoms with Crippen LogP contribution in [0.25, 0.3) is 22.3 Å². The van der Waals surface area contributed by atoms with E-state index in [4.69, 9.17) is 0 Å². The van der Waals surface area contributed by atoms with Crippen LogP contribution < -0.4 is 5.32 Å². The Morgan fingerprint density at radius 2 is 1.87 bits per heavy atom. The summed E-state index contributed by atoms with van der Waals surface area (Å²) in [6, 6.07) is 15.7. The quantitative estimate of drug-likeness (QED) is 0.544. The number of nitrogens with zero attached hydrogens (tertiary/aromatic N) is 2. The van der Waals surface area contributed by atoms with Gasteiger partial charge in [0.1, 0.15) is 5.03 Å². The molecule has 0 unspecified atom stereocenters. The Balaban J connectivity index is 2.06. The van der Waals surface area contributed by atoms with Crippen molar-refractivity contribution in [1.82, 2.24) is 15.3 Å². The highest BCUT2D eigenvalue weighted by molar-refractivity contribution is 9.10. The Morgan fingerprint density at radius 1 is 1.13 bits per heavy atom. The zero-order valence-corrected chi connectivity index (χ0v) is 14.8. The van der Waals surface area contributed by atoms with Gasteiger partial charge in [0, 0.05) is 22.5 Å². The molecule has 0 aliphatic carbocycles.